The van der Waals surface area contributed by atoms with Crippen molar-refractivity contribution in [1.29, 1.82) is 0 Å². The highest BCUT2D eigenvalue weighted by molar-refractivity contribution is 9.10. The van der Waals surface area contributed by atoms with Crippen molar-refractivity contribution in [3.05, 3.63) is 28.2 Å². The minimum atomic E-state index is 0.687. The Kier molecular flexibility index (Phi) is 2.82. The molecule has 1 heterocycles. The number of rotatable bonds is 2. The van der Waals surface area contributed by atoms with Crippen LogP contribution in [0.25, 0.3) is 0 Å². The van der Waals surface area contributed by atoms with Crippen molar-refractivity contribution in [2.45, 2.75) is 26.2 Å². The molecule has 1 aromatic rings. The number of hydrogen-bond acceptors (Lipinski definition) is 1. The summed E-state index contributed by atoms with van der Waals surface area (Å²) in [5.41, 5.74) is 2.78. The zero-order chi connectivity index (χ0) is 10.1. The highest BCUT2D eigenvalue weighted by Crippen LogP contribution is 2.40. The van der Waals surface area contributed by atoms with Crippen molar-refractivity contribution in [3.8, 4) is 0 Å². The number of halogens is 1. The molecule has 2 unspecified atom stereocenters. The van der Waals surface area contributed by atoms with Crippen LogP contribution in [-0.4, -0.2) is 6.54 Å². The lowest BCUT2D eigenvalue weighted by molar-refractivity contribution is 0.472. The molecule has 76 valence electrons. The molecule has 1 nitrogen and oxygen atoms in total. The first-order valence-electron chi connectivity index (χ1n) is 5.26. The minimum absolute atomic E-state index is 0.687. The van der Waals surface area contributed by atoms with E-state index in [1.807, 2.05) is 0 Å². The minimum Gasteiger partial charge on any atom is -0.383 e. The highest BCUT2D eigenvalue weighted by Gasteiger charge is 2.26. The van der Waals surface area contributed by atoms with E-state index in [2.05, 4.69) is 53.3 Å². The maximum atomic E-state index is 3.58. The molecule has 1 aliphatic rings. The Hall–Kier alpha value is -0.500. The third kappa shape index (κ3) is 1.56. The van der Waals surface area contributed by atoms with Crippen LogP contribution in [0.15, 0.2) is 22.7 Å². The topological polar surface area (TPSA) is 12.0 Å². The van der Waals surface area contributed by atoms with Crippen LogP contribution in [0.1, 0.15) is 31.7 Å². The first-order chi connectivity index (χ1) is 6.74. The molecular formula is C12H16BrN. The summed E-state index contributed by atoms with van der Waals surface area (Å²) in [4.78, 5) is 0. The quantitative estimate of drug-likeness (QED) is 0.840. The number of nitrogens with one attached hydrogen (secondary N) is 1. The molecule has 0 saturated heterocycles. The average molecular weight is 254 g/mol. The van der Waals surface area contributed by atoms with Crippen LogP contribution in [0.2, 0.25) is 0 Å². The van der Waals surface area contributed by atoms with E-state index in [1.54, 1.807) is 0 Å². The normalized spacial score (nSPS) is 21.5. The van der Waals surface area contributed by atoms with Gasteiger partial charge < -0.3 is 5.32 Å². The van der Waals surface area contributed by atoms with Crippen LogP contribution in [0.5, 0.6) is 0 Å². The first-order valence-corrected chi connectivity index (χ1v) is 6.05. The summed E-state index contributed by atoms with van der Waals surface area (Å²) in [7, 11) is 0. The second kappa shape index (κ2) is 3.93. The number of benzene rings is 1. The number of fused-ring (bicyclic) bond motifs is 1. The number of hydrogen-bond donors (Lipinski definition) is 1. The first kappa shape index (κ1) is 10.0. The SMILES string of the molecule is CCC(C)C1CNc2c(Br)cccc21. The number of anilines is 1. The zero-order valence-corrected chi connectivity index (χ0v) is 10.3. The van der Waals surface area contributed by atoms with Gasteiger partial charge in [0.15, 0.2) is 0 Å². The standard InChI is InChI=1S/C12H16BrN/c1-3-8(2)10-7-14-12-9(10)5-4-6-11(12)13/h4-6,8,10,14H,3,7H2,1-2H3. The molecule has 0 radical (unpaired) electrons. The van der Waals surface area contributed by atoms with Crippen LogP contribution in [0, 0.1) is 5.92 Å². The fourth-order valence-electron chi connectivity index (χ4n) is 2.15. The molecular weight excluding hydrogens is 238 g/mol. The predicted octanol–water partition coefficient (Wildman–Crippen LogP) is 4.00. The fourth-order valence-corrected chi connectivity index (χ4v) is 2.67. The van der Waals surface area contributed by atoms with Crippen LogP contribution >= 0.6 is 15.9 Å². The van der Waals surface area contributed by atoms with Crippen molar-refractivity contribution in [2.75, 3.05) is 11.9 Å². The maximum absolute atomic E-state index is 3.58. The smallest absolute Gasteiger partial charge is 0.0521 e. The van der Waals surface area contributed by atoms with E-state index in [0.717, 1.165) is 12.5 Å². The molecule has 0 aliphatic carbocycles. The summed E-state index contributed by atoms with van der Waals surface area (Å²) in [5.74, 6) is 1.45. The fraction of sp³-hybridized carbons (Fsp3) is 0.500. The van der Waals surface area contributed by atoms with Gasteiger partial charge in [0.1, 0.15) is 0 Å². The van der Waals surface area contributed by atoms with E-state index in [-0.39, 0.29) is 0 Å². The van der Waals surface area contributed by atoms with Gasteiger partial charge >= 0.3 is 0 Å². The molecule has 0 spiro atoms. The van der Waals surface area contributed by atoms with Crippen molar-refractivity contribution in [1.82, 2.24) is 0 Å². The van der Waals surface area contributed by atoms with Crippen LogP contribution in [-0.2, 0) is 0 Å². The zero-order valence-electron chi connectivity index (χ0n) is 8.68. The average Bonchev–Trinajstić information content (AvgIpc) is 2.62. The van der Waals surface area contributed by atoms with Gasteiger partial charge in [0.2, 0.25) is 0 Å². The van der Waals surface area contributed by atoms with Gasteiger partial charge in [0, 0.05) is 16.9 Å². The molecule has 2 heteroatoms. The third-order valence-electron chi connectivity index (χ3n) is 3.27. The monoisotopic (exact) mass is 253 g/mol. The van der Waals surface area contributed by atoms with Gasteiger partial charge in [0.25, 0.3) is 0 Å². The van der Waals surface area contributed by atoms with E-state index >= 15 is 0 Å². The lowest BCUT2D eigenvalue weighted by Gasteiger charge is -2.17. The molecule has 1 aromatic carbocycles. The Bertz CT molecular complexity index is 335. The van der Waals surface area contributed by atoms with Gasteiger partial charge in [-0.05, 0) is 33.5 Å². The second-order valence-electron chi connectivity index (χ2n) is 4.08. The molecule has 1 N–H and O–H groups in total. The van der Waals surface area contributed by atoms with Crippen molar-refractivity contribution in [2.24, 2.45) is 5.92 Å². The molecule has 0 fully saturated rings. The molecule has 2 rings (SSSR count). The summed E-state index contributed by atoms with van der Waals surface area (Å²) in [6.45, 7) is 5.69. The molecule has 0 amide bonds. The summed E-state index contributed by atoms with van der Waals surface area (Å²) in [6.07, 6.45) is 1.25. The van der Waals surface area contributed by atoms with Crippen molar-refractivity contribution in [3.63, 3.8) is 0 Å². The summed E-state index contributed by atoms with van der Waals surface area (Å²) in [5, 5.41) is 3.49. The Morgan fingerprint density at radius 2 is 2.36 bits per heavy atom. The Morgan fingerprint density at radius 3 is 3.07 bits per heavy atom. The Labute approximate surface area is 94.0 Å². The van der Waals surface area contributed by atoms with Crippen LogP contribution in [0.3, 0.4) is 0 Å². The summed E-state index contributed by atoms with van der Waals surface area (Å²) >= 11 is 3.58. The second-order valence-corrected chi connectivity index (χ2v) is 4.93. The molecule has 2 atom stereocenters. The molecule has 0 aromatic heterocycles. The van der Waals surface area contributed by atoms with Gasteiger partial charge in [0.05, 0.1) is 5.69 Å². The van der Waals surface area contributed by atoms with E-state index in [4.69, 9.17) is 0 Å². The summed E-state index contributed by atoms with van der Waals surface area (Å²) < 4.78 is 1.20. The number of para-hydroxylation sites is 1. The Balaban J connectivity index is 2.35. The third-order valence-corrected chi connectivity index (χ3v) is 3.94. The van der Waals surface area contributed by atoms with E-state index in [9.17, 15) is 0 Å². The van der Waals surface area contributed by atoms with E-state index < -0.39 is 0 Å². The van der Waals surface area contributed by atoms with Crippen molar-refractivity contribution >= 4 is 21.6 Å². The van der Waals surface area contributed by atoms with Gasteiger partial charge in [-0.25, -0.2) is 0 Å². The molecule has 1 aliphatic heterocycles. The maximum Gasteiger partial charge on any atom is 0.0521 e. The molecule has 0 bridgehead atoms. The van der Waals surface area contributed by atoms with E-state index in [1.165, 1.54) is 22.1 Å². The molecule has 14 heavy (non-hydrogen) atoms. The Morgan fingerprint density at radius 1 is 1.57 bits per heavy atom. The van der Waals surface area contributed by atoms with Crippen molar-refractivity contribution < 1.29 is 0 Å². The predicted molar refractivity (Wildman–Crippen MR) is 64.8 cm³/mol. The van der Waals surface area contributed by atoms with Crippen LogP contribution < -0.4 is 5.32 Å². The van der Waals surface area contributed by atoms with Gasteiger partial charge in [-0.15, -0.1) is 0 Å². The molecule has 0 saturated carbocycles. The van der Waals surface area contributed by atoms with Gasteiger partial charge in [-0.2, -0.15) is 0 Å². The highest BCUT2D eigenvalue weighted by atomic mass is 79.9. The largest absolute Gasteiger partial charge is 0.383 e. The summed E-state index contributed by atoms with van der Waals surface area (Å²) in [6, 6.07) is 6.48. The van der Waals surface area contributed by atoms with E-state index in [0.29, 0.717) is 5.92 Å². The van der Waals surface area contributed by atoms with Gasteiger partial charge in [-0.1, -0.05) is 32.4 Å². The van der Waals surface area contributed by atoms with Crippen LogP contribution in [0.4, 0.5) is 5.69 Å². The van der Waals surface area contributed by atoms with Gasteiger partial charge in [-0.3, -0.25) is 0 Å². The lowest BCUT2D eigenvalue weighted by Crippen LogP contribution is -2.10. The lowest BCUT2D eigenvalue weighted by atomic mass is 9.87.